The van der Waals surface area contributed by atoms with E-state index in [0.717, 1.165) is 5.56 Å². The second-order valence-electron chi connectivity index (χ2n) is 6.84. The zero-order valence-electron chi connectivity index (χ0n) is 18.5. The summed E-state index contributed by atoms with van der Waals surface area (Å²) in [4.78, 5) is 36.2. The summed E-state index contributed by atoms with van der Waals surface area (Å²) >= 11 is 0. The molecule has 1 aliphatic rings. The minimum absolute atomic E-state index is 0.171. The lowest BCUT2D eigenvalue weighted by atomic mass is 10.2. The van der Waals surface area contributed by atoms with Crippen molar-refractivity contribution >= 4 is 17.8 Å². The lowest BCUT2D eigenvalue weighted by Gasteiger charge is -2.12. The molecule has 176 valence electrons. The summed E-state index contributed by atoms with van der Waals surface area (Å²) in [6.45, 7) is 4.11. The summed E-state index contributed by atoms with van der Waals surface area (Å²) in [5.41, 5.74) is 1.11. The quantitative estimate of drug-likeness (QED) is 0.489. The standard InChI is InChI=1S/C23H26N2O8/c1-3-29-17-8-6-16(10-20(17)30-4-2)23(28)25-12-22(27)31-13-21(26)24-11-15-5-7-18-19(9-15)33-14-32-18/h5-10H,3-4,11-14H2,1-2H3,(H,24,26)(H,25,28). The van der Waals surface area contributed by atoms with E-state index >= 15 is 0 Å². The average Bonchev–Trinajstić information content (AvgIpc) is 3.29. The smallest absolute Gasteiger partial charge is 0.325 e. The van der Waals surface area contributed by atoms with E-state index in [1.165, 1.54) is 0 Å². The predicted octanol–water partition coefficient (Wildman–Crippen LogP) is 1.80. The Bertz CT molecular complexity index is 1010. The van der Waals surface area contributed by atoms with Gasteiger partial charge in [0.05, 0.1) is 13.2 Å². The first kappa shape index (κ1) is 23.7. The fourth-order valence-corrected chi connectivity index (χ4v) is 2.95. The van der Waals surface area contributed by atoms with Gasteiger partial charge in [-0.25, -0.2) is 0 Å². The highest BCUT2D eigenvalue weighted by molar-refractivity contribution is 5.96. The van der Waals surface area contributed by atoms with Crippen LogP contribution in [0.4, 0.5) is 0 Å². The number of esters is 1. The van der Waals surface area contributed by atoms with E-state index in [2.05, 4.69) is 10.6 Å². The number of ether oxygens (including phenoxy) is 5. The molecule has 0 saturated carbocycles. The van der Waals surface area contributed by atoms with E-state index < -0.39 is 24.4 Å². The third kappa shape index (κ3) is 6.76. The first-order valence-electron chi connectivity index (χ1n) is 10.5. The molecule has 0 atom stereocenters. The van der Waals surface area contributed by atoms with E-state index in [0.29, 0.717) is 41.8 Å². The SMILES string of the molecule is CCOc1ccc(C(=O)NCC(=O)OCC(=O)NCc2ccc3c(c2)OCO3)cc1OCC. The van der Waals surface area contributed by atoms with Gasteiger partial charge in [-0.2, -0.15) is 0 Å². The number of amides is 2. The van der Waals surface area contributed by atoms with Crippen molar-refractivity contribution in [2.24, 2.45) is 0 Å². The van der Waals surface area contributed by atoms with Crippen molar-refractivity contribution in [2.45, 2.75) is 20.4 Å². The Morgan fingerprint density at radius 1 is 0.909 bits per heavy atom. The molecular formula is C23H26N2O8. The van der Waals surface area contributed by atoms with Crippen LogP contribution >= 0.6 is 0 Å². The molecule has 2 N–H and O–H groups in total. The third-order valence-electron chi connectivity index (χ3n) is 4.49. The summed E-state index contributed by atoms with van der Waals surface area (Å²) in [5.74, 6) is 0.543. The summed E-state index contributed by atoms with van der Waals surface area (Å²) in [6.07, 6.45) is 0. The first-order chi connectivity index (χ1) is 16.0. The van der Waals surface area contributed by atoms with Crippen LogP contribution in [0.5, 0.6) is 23.0 Å². The number of rotatable bonds is 11. The highest BCUT2D eigenvalue weighted by atomic mass is 16.7. The molecule has 0 unspecified atom stereocenters. The molecule has 10 heteroatoms. The van der Waals surface area contributed by atoms with E-state index in [4.69, 9.17) is 23.7 Å². The summed E-state index contributed by atoms with van der Waals surface area (Å²) in [5, 5.41) is 5.10. The molecule has 0 fully saturated rings. The maximum atomic E-state index is 12.3. The molecule has 2 aromatic carbocycles. The largest absolute Gasteiger partial charge is 0.490 e. The minimum atomic E-state index is -0.738. The molecule has 0 saturated heterocycles. The number of carbonyl (C=O) groups excluding carboxylic acids is 3. The predicted molar refractivity (Wildman–Crippen MR) is 116 cm³/mol. The van der Waals surface area contributed by atoms with E-state index in [-0.39, 0.29) is 19.9 Å². The van der Waals surface area contributed by atoms with E-state index in [9.17, 15) is 14.4 Å². The Kier molecular flexibility index (Phi) is 8.34. The molecule has 10 nitrogen and oxygen atoms in total. The van der Waals surface area contributed by atoms with Crippen LogP contribution in [0.25, 0.3) is 0 Å². The van der Waals surface area contributed by atoms with Crippen LogP contribution in [0.1, 0.15) is 29.8 Å². The second kappa shape index (κ2) is 11.6. The van der Waals surface area contributed by atoms with Crippen molar-refractivity contribution < 1.29 is 38.1 Å². The van der Waals surface area contributed by atoms with Crippen LogP contribution in [0.3, 0.4) is 0 Å². The fraction of sp³-hybridized carbons (Fsp3) is 0.348. The molecule has 2 aromatic rings. The monoisotopic (exact) mass is 458 g/mol. The summed E-state index contributed by atoms with van der Waals surface area (Å²) in [7, 11) is 0. The average molecular weight is 458 g/mol. The molecule has 3 rings (SSSR count). The van der Waals surface area contributed by atoms with Gasteiger partial charge >= 0.3 is 5.97 Å². The number of nitrogens with one attached hydrogen (secondary N) is 2. The molecule has 0 aliphatic carbocycles. The lowest BCUT2D eigenvalue weighted by molar-refractivity contribution is -0.147. The van der Waals surface area contributed by atoms with Gasteiger partial charge in [0.2, 0.25) is 6.79 Å². The highest BCUT2D eigenvalue weighted by Gasteiger charge is 2.15. The van der Waals surface area contributed by atoms with Gasteiger partial charge in [-0.15, -0.1) is 0 Å². The molecular weight excluding hydrogens is 432 g/mol. The van der Waals surface area contributed by atoms with Crippen molar-refractivity contribution in [1.29, 1.82) is 0 Å². The molecule has 2 amide bonds. The Morgan fingerprint density at radius 2 is 1.67 bits per heavy atom. The van der Waals surface area contributed by atoms with Gasteiger partial charge in [0.1, 0.15) is 6.54 Å². The Hall–Kier alpha value is -3.95. The maximum Gasteiger partial charge on any atom is 0.325 e. The van der Waals surface area contributed by atoms with Gasteiger partial charge in [-0.3, -0.25) is 14.4 Å². The zero-order valence-corrected chi connectivity index (χ0v) is 18.5. The third-order valence-corrected chi connectivity index (χ3v) is 4.49. The Morgan fingerprint density at radius 3 is 2.45 bits per heavy atom. The topological polar surface area (TPSA) is 121 Å². The molecule has 0 radical (unpaired) electrons. The summed E-state index contributed by atoms with van der Waals surface area (Å²) in [6, 6.07) is 10.1. The highest BCUT2D eigenvalue weighted by Crippen LogP contribution is 2.32. The Balaban J connectivity index is 1.40. The van der Waals surface area contributed by atoms with Gasteiger partial charge in [0.15, 0.2) is 29.6 Å². The number of carbonyl (C=O) groups is 3. The number of hydrogen-bond donors (Lipinski definition) is 2. The van der Waals surface area contributed by atoms with Gasteiger partial charge < -0.3 is 34.3 Å². The van der Waals surface area contributed by atoms with Crippen LogP contribution in [-0.2, 0) is 20.9 Å². The van der Waals surface area contributed by atoms with Gasteiger partial charge in [-0.05, 0) is 49.7 Å². The number of fused-ring (bicyclic) bond motifs is 1. The van der Waals surface area contributed by atoms with Crippen LogP contribution in [0.2, 0.25) is 0 Å². The van der Waals surface area contributed by atoms with Gasteiger partial charge in [-0.1, -0.05) is 6.07 Å². The van der Waals surface area contributed by atoms with Crippen molar-refractivity contribution in [3.05, 3.63) is 47.5 Å². The van der Waals surface area contributed by atoms with Crippen molar-refractivity contribution in [1.82, 2.24) is 10.6 Å². The van der Waals surface area contributed by atoms with Crippen LogP contribution < -0.4 is 29.6 Å². The van der Waals surface area contributed by atoms with Crippen LogP contribution in [0, 0.1) is 0 Å². The summed E-state index contributed by atoms with van der Waals surface area (Å²) < 4.78 is 26.4. The molecule has 33 heavy (non-hydrogen) atoms. The molecule has 0 bridgehead atoms. The minimum Gasteiger partial charge on any atom is -0.490 e. The molecule has 0 aromatic heterocycles. The zero-order chi connectivity index (χ0) is 23.6. The molecule has 1 heterocycles. The second-order valence-corrected chi connectivity index (χ2v) is 6.84. The fourth-order valence-electron chi connectivity index (χ4n) is 2.95. The Labute approximate surface area is 191 Å². The first-order valence-corrected chi connectivity index (χ1v) is 10.5. The van der Waals surface area contributed by atoms with E-state index in [1.807, 2.05) is 13.8 Å². The number of hydrogen-bond acceptors (Lipinski definition) is 8. The van der Waals surface area contributed by atoms with Crippen molar-refractivity contribution in [3.8, 4) is 23.0 Å². The van der Waals surface area contributed by atoms with Crippen molar-refractivity contribution in [3.63, 3.8) is 0 Å². The van der Waals surface area contributed by atoms with Crippen LogP contribution in [0.15, 0.2) is 36.4 Å². The number of benzene rings is 2. The molecule has 0 spiro atoms. The van der Waals surface area contributed by atoms with Gasteiger partial charge in [0, 0.05) is 12.1 Å². The normalized spacial score (nSPS) is 11.5. The van der Waals surface area contributed by atoms with Crippen LogP contribution in [-0.4, -0.2) is 50.9 Å². The van der Waals surface area contributed by atoms with Crippen molar-refractivity contribution in [2.75, 3.05) is 33.2 Å². The van der Waals surface area contributed by atoms with Gasteiger partial charge in [0.25, 0.3) is 11.8 Å². The van der Waals surface area contributed by atoms with E-state index in [1.54, 1.807) is 36.4 Å². The maximum absolute atomic E-state index is 12.3. The lowest BCUT2D eigenvalue weighted by Crippen LogP contribution is -2.33. The molecule has 1 aliphatic heterocycles.